The Morgan fingerprint density at radius 3 is 2.72 bits per heavy atom. The number of aryl methyl sites for hydroxylation is 1. The van der Waals surface area contributed by atoms with Crippen LogP contribution in [0.5, 0.6) is 0 Å². The van der Waals surface area contributed by atoms with Crippen molar-refractivity contribution in [2.24, 2.45) is 5.92 Å². The Balaban J connectivity index is 1.22. The molecular weight excluding hydrogens is 490 g/mol. The lowest BCUT2D eigenvalue weighted by Crippen LogP contribution is -2.24. The van der Waals surface area contributed by atoms with Crippen molar-refractivity contribution in [1.29, 1.82) is 0 Å². The number of nitrogens with one attached hydrogen (secondary N) is 3. The standard InChI is InChI=1S/C29H27N9O/c1-17-15-38(16-33-17)28-22-11-25(35-24(22)7-8-31-28)26-23-10-20(13-32-27(23)37-36-26)19-9-21(14-30-12-19)34-29(39)18-5-3-2-4-6-18/h7-16,18,35H,2-6H2,1H3,(H,34,39)(H,32,36,37). The van der Waals surface area contributed by atoms with Crippen LogP contribution in [0.2, 0.25) is 0 Å². The SMILES string of the molecule is Cc1cn(-c2nccc3[nH]c(-c4n[nH]c5ncc(-c6cncc(NC(=O)C7CCCCC7)c6)cc45)cc23)cn1. The molecule has 1 aliphatic rings. The van der Waals surface area contributed by atoms with Crippen LogP contribution in [0.1, 0.15) is 37.8 Å². The Kier molecular flexibility index (Phi) is 5.65. The van der Waals surface area contributed by atoms with Crippen molar-refractivity contribution in [3.63, 3.8) is 0 Å². The summed E-state index contributed by atoms with van der Waals surface area (Å²) in [5.74, 6) is 0.962. The molecule has 1 amide bonds. The number of H-pyrrole nitrogens is 2. The average molecular weight is 518 g/mol. The van der Waals surface area contributed by atoms with Crippen LogP contribution in [-0.2, 0) is 4.79 Å². The maximum Gasteiger partial charge on any atom is 0.227 e. The highest BCUT2D eigenvalue weighted by atomic mass is 16.1. The zero-order chi connectivity index (χ0) is 26.3. The van der Waals surface area contributed by atoms with Crippen molar-refractivity contribution in [2.75, 3.05) is 5.32 Å². The largest absolute Gasteiger partial charge is 0.353 e. The second-order valence-corrected chi connectivity index (χ2v) is 10.2. The lowest BCUT2D eigenvalue weighted by molar-refractivity contribution is -0.120. The summed E-state index contributed by atoms with van der Waals surface area (Å²) in [6.07, 6.45) is 16.1. The van der Waals surface area contributed by atoms with Crippen LogP contribution in [0, 0.1) is 12.8 Å². The van der Waals surface area contributed by atoms with Crippen LogP contribution in [0.15, 0.2) is 61.6 Å². The summed E-state index contributed by atoms with van der Waals surface area (Å²) in [5.41, 5.74) is 6.63. The van der Waals surface area contributed by atoms with E-state index < -0.39 is 0 Å². The number of amides is 1. The minimum absolute atomic E-state index is 0.0814. The van der Waals surface area contributed by atoms with Crippen molar-refractivity contribution in [1.82, 2.24) is 39.7 Å². The molecule has 0 aromatic carbocycles. The Hall–Kier alpha value is -4.86. The van der Waals surface area contributed by atoms with E-state index in [1.807, 2.05) is 29.8 Å². The van der Waals surface area contributed by atoms with Crippen LogP contribution in [0.4, 0.5) is 5.69 Å². The summed E-state index contributed by atoms with van der Waals surface area (Å²) in [6.45, 7) is 1.95. The van der Waals surface area contributed by atoms with Gasteiger partial charge in [0.15, 0.2) is 5.65 Å². The number of imidazole rings is 1. The minimum Gasteiger partial charge on any atom is -0.353 e. The molecule has 0 radical (unpaired) electrons. The van der Waals surface area contributed by atoms with Gasteiger partial charge in [-0.05, 0) is 44.0 Å². The van der Waals surface area contributed by atoms with Gasteiger partial charge >= 0.3 is 0 Å². The Morgan fingerprint density at radius 1 is 1.00 bits per heavy atom. The fourth-order valence-electron chi connectivity index (χ4n) is 5.45. The highest BCUT2D eigenvalue weighted by Gasteiger charge is 2.21. The zero-order valence-electron chi connectivity index (χ0n) is 21.5. The maximum atomic E-state index is 12.8. The van der Waals surface area contributed by atoms with Gasteiger partial charge in [0, 0.05) is 52.6 Å². The molecule has 1 fully saturated rings. The van der Waals surface area contributed by atoms with E-state index in [4.69, 9.17) is 0 Å². The van der Waals surface area contributed by atoms with Crippen molar-refractivity contribution in [3.8, 4) is 28.3 Å². The molecule has 3 N–H and O–H groups in total. The molecule has 0 unspecified atom stereocenters. The van der Waals surface area contributed by atoms with E-state index in [0.717, 1.165) is 76.0 Å². The molecule has 7 rings (SSSR count). The fraction of sp³-hybridized carbons (Fsp3) is 0.241. The third-order valence-corrected chi connectivity index (χ3v) is 7.47. The lowest BCUT2D eigenvalue weighted by Gasteiger charge is -2.20. The average Bonchev–Trinajstić information content (AvgIpc) is 3.71. The van der Waals surface area contributed by atoms with Gasteiger partial charge in [-0.2, -0.15) is 5.10 Å². The number of fused-ring (bicyclic) bond motifs is 2. The Labute approximate surface area is 223 Å². The quantitative estimate of drug-likeness (QED) is 0.274. The lowest BCUT2D eigenvalue weighted by atomic mass is 9.88. The monoisotopic (exact) mass is 517 g/mol. The highest BCUT2D eigenvalue weighted by molar-refractivity contribution is 5.98. The van der Waals surface area contributed by atoms with Crippen molar-refractivity contribution < 1.29 is 4.79 Å². The number of aromatic nitrogens is 8. The van der Waals surface area contributed by atoms with Gasteiger partial charge in [0.25, 0.3) is 0 Å². The molecule has 0 atom stereocenters. The molecule has 10 nitrogen and oxygen atoms in total. The summed E-state index contributed by atoms with van der Waals surface area (Å²) in [7, 11) is 0. The molecule has 194 valence electrons. The van der Waals surface area contributed by atoms with Gasteiger partial charge in [0.05, 0.1) is 28.8 Å². The predicted molar refractivity (Wildman–Crippen MR) is 149 cm³/mol. The van der Waals surface area contributed by atoms with Crippen LogP contribution in [0.25, 0.3) is 50.3 Å². The second-order valence-electron chi connectivity index (χ2n) is 10.2. The first-order chi connectivity index (χ1) is 19.1. The van der Waals surface area contributed by atoms with Gasteiger partial charge in [-0.3, -0.25) is 19.4 Å². The molecule has 0 spiro atoms. The summed E-state index contributed by atoms with van der Waals surface area (Å²) < 4.78 is 1.92. The third kappa shape index (κ3) is 4.33. The van der Waals surface area contributed by atoms with Gasteiger partial charge in [0.1, 0.15) is 17.8 Å². The number of anilines is 1. The van der Waals surface area contributed by atoms with E-state index in [9.17, 15) is 4.79 Å². The topological polar surface area (TPSA) is 130 Å². The molecule has 6 aromatic rings. The van der Waals surface area contributed by atoms with Gasteiger partial charge in [0.2, 0.25) is 5.91 Å². The highest BCUT2D eigenvalue weighted by Crippen LogP contribution is 2.33. The maximum absolute atomic E-state index is 12.8. The van der Waals surface area contributed by atoms with Crippen molar-refractivity contribution in [3.05, 3.63) is 67.3 Å². The van der Waals surface area contributed by atoms with E-state index >= 15 is 0 Å². The van der Waals surface area contributed by atoms with Crippen LogP contribution in [0.3, 0.4) is 0 Å². The summed E-state index contributed by atoms with van der Waals surface area (Å²) in [5, 5.41) is 12.5. The number of aromatic amines is 2. The number of carbonyl (C=O) groups is 1. The molecular formula is C29H27N9O. The van der Waals surface area contributed by atoms with Crippen molar-refractivity contribution in [2.45, 2.75) is 39.0 Å². The number of hydrogen-bond donors (Lipinski definition) is 3. The van der Waals surface area contributed by atoms with E-state index in [0.29, 0.717) is 11.3 Å². The van der Waals surface area contributed by atoms with Crippen LogP contribution >= 0.6 is 0 Å². The number of carbonyl (C=O) groups excluding carboxylic acids is 1. The van der Waals surface area contributed by atoms with Crippen molar-refractivity contribution >= 4 is 33.5 Å². The first-order valence-electron chi connectivity index (χ1n) is 13.2. The van der Waals surface area contributed by atoms with E-state index in [1.54, 1.807) is 31.1 Å². The molecule has 1 aliphatic carbocycles. The fourth-order valence-corrected chi connectivity index (χ4v) is 5.45. The minimum atomic E-state index is 0.0814. The Morgan fingerprint density at radius 2 is 1.87 bits per heavy atom. The summed E-state index contributed by atoms with van der Waals surface area (Å²) in [6, 6.07) is 8.00. The smallest absolute Gasteiger partial charge is 0.227 e. The summed E-state index contributed by atoms with van der Waals surface area (Å²) in [4.78, 5) is 34.2. The van der Waals surface area contributed by atoms with Gasteiger partial charge < -0.3 is 10.3 Å². The number of nitrogens with zero attached hydrogens (tertiary/aromatic N) is 6. The van der Waals surface area contributed by atoms with Gasteiger partial charge in [-0.25, -0.2) is 15.0 Å². The molecule has 0 aliphatic heterocycles. The third-order valence-electron chi connectivity index (χ3n) is 7.47. The van der Waals surface area contributed by atoms with Gasteiger partial charge in [-0.1, -0.05) is 19.3 Å². The normalized spacial score (nSPS) is 14.3. The predicted octanol–water partition coefficient (Wildman–Crippen LogP) is 5.58. The van der Waals surface area contributed by atoms with E-state index in [2.05, 4.69) is 52.6 Å². The molecule has 6 aromatic heterocycles. The van der Waals surface area contributed by atoms with E-state index in [-0.39, 0.29) is 11.8 Å². The zero-order valence-corrected chi connectivity index (χ0v) is 21.5. The summed E-state index contributed by atoms with van der Waals surface area (Å²) >= 11 is 0. The first-order valence-corrected chi connectivity index (χ1v) is 13.2. The first kappa shape index (κ1) is 23.3. The molecule has 39 heavy (non-hydrogen) atoms. The molecule has 6 heterocycles. The number of pyridine rings is 3. The molecule has 1 saturated carbocycles. The molecule has 10 heteroatoms. The Bertz CT molecular complexity index is 1820. The molecule has 0 saturated heterocycles. The second kappa shape index (κ2) is 9.46. The van der Waals surface area contributed by atoms with Crippen LogP contribution < -0.4 is 5.32 Å². The molecule has 0 bridgehead atoms. The van der Waals surface area contributed by atoms with E-state index in [1.165, 1.54) is 6.42 Å². The number of rotatable bonds is 5. The van der Waals surface area contributed by atoms with Crippen LogP contribution in [-0.4, -0.2) is 45.6 Å². The number of hydrogen-bond acceptors (Lipinski definition) is 6. The van der Waals surface area contributed by atoms with Gasteiger partial charge in [-0.15, -0.1) is 0 Å².